The van der Waals surface area contributed by atoms with E-state index in [2.05, 4.69) is 20.8 Å². The third kappa shape index (κ3) is 11.8. The molecule has 0 unspecified atom stereocenters. The summed E-state index contributed by atoms with van der Waals surface area (Å²) in [5, 5.41) is 9.67. The van der Waals surface area contributed by atoms with Crippen molar-refractivity contribution in [1.82, 2.24) is 0 Å². The highest BCUT2D eigenvalue weighted by molar-refractivity contribution is 5.78. The van der Waals surface area contributed by atoms with Gasteiger partial charge in [-0.15, -0.1) is 0 Å². The lowest BCUT2D eigenvalue weighted by Gasteiger charge is -2.22. The van der Waals surface area contributed by atoms with Gasteiger partial charge in [0, 0.05) is 12.8 Å². The van der Waals surface area contributed by atoms with E-state index in [1.54, 1.807) is 0 Å². The van der Waals surface area contributed by atoms with Gasteiger partial charge in [0.15, 0.2) is 0 Å². The first-order valence-corrected chi connectivity index (χ1v) is 6.33. The molecule has 0 heterocycles. The van der Waals surface area contributed by atoms with Crippen LogP contribution in [0, 0.1) is 5.41 Å². The minimum atomic E-state index is -0.679. The van der Waals surface area contributed by atoms with E-state index in [1.807, 2.05) is 20.8 Å². The molecule has 0 spiro atoms. The molecule has 0 aromatic carbocycles. The van der Waals surface area contributed by atoms with E-state index in [1.165, 1.54) is 0 Å². The van der Waals surface area contributed by atoms with Crippen molar-refractivity contribution in [2.45, 2.75) is 72.5 Å². The maximum Gasteiger partial charge on any atom is 0.135 e. The summed E-state index contributed by atoms with van der Waals surface area (Å²) >= 11 is 0. The van der Waals surface area contributed by atoms with Crippen molar-refractivity contribution in [2.75, 3.05) is 6.61 Å². The Balaban J connectivity index is 3.81. The van der Waals surface area contributed by atoms with Crippen LogP contribution in [-0.4, -0.2) is 29.2 Å². The van der Waals surface area contributed by atoms with E-state index < -0.39 is 6.10 Å². The maximum atomic E-state index is 11.6. The van der Waals surface area contributed by atoms with Crippen LogP contribution in [0.15, 0.2) is 0 Å². The molecular formula is C14H28O3. The molecule has 0 aliphatic carbocycles. The zero-order valence-electron chi connectivity index (χ0n) is 12.2. The molecule has 0 saturated carbocycles. The van der Waals surface area contributed by atoms with Gasteiger partial charge in [0.2, 0.25) is 0 Å². The molecule has 0 bridgehead atoms. The number of Topliss-reactive ketones (excluding diaryl/α,β-unsaturated/α-hetero) is 1. The molecule has 102 valence electrons. The fraction of sp³-hybridized carbons (Fsp3) is 0.929. The van der Waals surface area contributed by atoms with Crippen molar-refractivity contribution >= 4 is 5.78 Å². The molecule has 3 nitrogen and oxygen atoms in total. The Bertz CT molecular complexity index is 233. The molecule has 0 aliphatic rings. The topological polar surface area (TPSA) is 46.5 Å². The number of carbonyl (C=O) groups is 1. The van der Waals surface area contributed by atoms with E-state index in [0.29, 0.717) is 6.42 Å². The Morgan fingerprint density at radius 1 is 1.18 bits per heavy atom. The Labute approximate surface area is 106 Å². The van der Waals surface area contributed by atoms with E-state index in [-0.39, 0.29) is 29.8 Å². The zero-order valence-corrected chi connectivity index (χ0v) is 12.2. The van der Waals surface area contributed by atoms with Gasteiger partial charge >= 0.3 is 0 Å². The number of carbonyl (C=O) groups excluding carboxylic acids is 1. The lowest BCUT2D eigenvalue weighted by Crippen LogP contribution is -2.27. The quantitative estimate of drug-likeness (QED) is 0.781. The summed E-state index contributed by atoms with van der Waals surface area (Å²) in [4.78, 5) is 11.6. The van der Waals surface area contributed by atoms with Crippen molar-refractivity contribution < 1.29 is 14.6 Å². The summed E-state index contributed by atoms with van der Waals surface area (Å²) in [5.74, 6) is 0.116. The molecule has 0 fully saturated rings. The Morgan fingerprint density at radius 3 is 2.12 bits per heavy atom. The predicted octanol–water partition coefficient (Wildman–Crippen LogP) is 2.95. The highest BCUT2D eigenvalue weighted by Crippen LogP contribution is 2.21. The van der Waals surface area contributed by atoms with Crippen LogP contribution < -0.4 is 0 Å². The molecule has 0 aromatic rings. The summed E-state index contributed by atoms with van der Waals surface area (Å²) < 4.78 is 5.44. The lowest BCUT2D eigenvalue weighted by molar-refractivity contribution is -0.123. The number of ketones is 1. The second-order valence-corrected chi connectivity index (χ2v) is 6.88. The molecule has 0 aromatic heterocycles. The standard InChI is InChI=1S/C14H28O3/c1-13(2,3)8-7-11(15)9-12(16)10-17-14(4,5)6/h12,16H,7-10H2,1-6H3/t12-/m0/s1. The van der Waals surface area contributed by atoms with Gasteiger partial charge in [-0.05, 0) is 32.6 Å². The minimum Gasteiger partial charge on any atom is -0.390 e. The van der Waals surface area contributed by atoms with Gasteiger partial charge in [0.25, 0.3) is 0 Å². The molecule has 1 N–H and O–H groups in total. The molecule has 1 atom stereocenters. The molecule has 0 saturated heterocycles. The van der Waals surface area contributed by atoms with Crippen molar-refractivity contribution in [3.05, 3.63) is 0 Å². The SMILES string of the molecule is CC(C)(C)CCC(=O)C[C@H](O)COC(C)(C)C. The molecule has 3 heteroatoms. The number of aliphatic hydroxyl groups is 1. The smallest absolute Gasteiger partial charge is 0.135 e. The second-order valence-electron chi connectivity index (χ2n) is 6.88. The van der Waals surface area contributed by atoms with Crippen LogP contribution >= 0.6 is 0 Å². The predicted molar refractivity (Wildman–Crippen MR) is 70.0 cm³/mol. The summed E-state index contributed by atoms with van der Waals surface area (Å²) in [5.41, 5.74) is -0.0992. The summed E-state index contributed by atoms with van der Waals surface area (Å²) in [7, 11) is 0. The van der Waals surface area contributed by atoms with Crippen LogP contribution in [0.1, 0.15) is 60.8 Å². The Hall–Kier alpha value is -0.410. The van der Waals surface area contributed by atoms with E-state index >= 15 is 0 Å². The normalized spacial score (nSPS) is 14.8. The first-order valence-electron chi connectivity index (χ1n) is 6.33. The molecule has 0 aliphatic heterocycles. The van der Waals surface area contributed by atoms with Gasteiger partial charge in [-0.3, -0.25) is 4.79 Å². The van der Waals surface area contributed by atoms with Crippen molar-refractivity contribution in [1.29, 1.82) is 0 Å². The van der Waals surface area contributed by atoms with Crippen LogP contribution in [0.4, 0.5) is 0 Å². The van der Waals surface area contributed by atoms with Gasteiger partial charge in [-0.25, -0.2) is 0 Å². The zero-order chi connectivity index (χ0) is 13.7. The van der Waals surface area contributed by atoms with Crippen LogP contribution in [0.25, 0.3) is 0 Å². The van der Waals surface area contributed by atoms with Gasteiger partial charge < -0.3 is 9.84 Å². The monoisotopic (exact) mass is 244 g/mol. The van der Waals surface area contributed by atoms with E-state index in [4.69, 9.17) is 4.74 Å². The highest BCUT2D eigenvalue weighted by atomic mass is 16.5. The van der Waals surface area contributed by atoms with Crippen LogP contribution in [-0.2, 0) is 9.53 Å². The number of hydrogen-bond donors (Lipinski definition) is 1. The summed E-state index contributed by atoms with van der Waals surface area (Å²) in [6.07, 6.45) is 0.919. The van der Waals surface area contributed by atoms with Gasteiger partial charge in [-0.1, -0.05) is 20.8 Å². The lowest BCUT2D eigenvalue weighted by atomic mass is 9.89. The van der Waals surface area contributed by atoms with E-state index in [9.17, 15) is 9.90 Å². The van der Waals surface area contributed by atoms with Crippen molar-refractivity contribution in [3.8, 4) is 0 Å². The third-order valence-corrected chi connectivity index (χ3v) is 2.33. The van der Waals surface area contributed by atoms with Crippen LogP contribution in [0.5, 0.6) is 0 Å². The number of hydrogen-bond acceptors (Lipinski definition) is 3. The van der Waals surface area contributed by atoms with Gasteiger partial charge in [-0.2, -0.15) is 0 Å². The molecule has 0 radical (unpaired) electrons. The molecule has 17 heavy (non-hydrogen) atoms. The fourth-order valence-electron chi connectivity index (χ4n) is 1.28. The van der Waals surface area contributed by atoms with Gasteiger partial charge in [0.05, 0.1) is 18.3 Å². The molecular weight excluding hydrogens is 216 g/mol. The summed E-state index contributed by atoms with van der Waals surface area (Å²) in [6, 6.07) is 0. The number of aliphatic hydroxyl groups excluding tert-OH is 1. The van der Waals surface area contributed by atoms with Crippen LogP contribution in [0.3, 0.4) is 0 Å². The first kappa shape index (κ1) is 16.6. The largest absolute Gasteiger partial charge is 0.390 e. The maximum absolute atomic E-state index is 11.6. The molecule has 0 rings (SSSR count). The first-order chi connectivity index (χ1) is 7.49. The number of ether oxygens (including phenoxy) is 1. The highest BCUT2D eigenvalue weighted by Gasteiger charge is 2.18. The average molecular weight is 244 g/mol. The van der Waals surface area contributed by atoms with Gasteiger partial charge in [0.1, 0.15) is 5.78 Å². The van der Waals surface area contributed by atoms with Crippen molar-refractivity contribution in [3.63, 3.8) is 0 Å². The summed E-state index contributed by atoms with van der Waals surface area (Å²) in [6.45, 7) is 12.4. The Morgan fingerprint density at radius 2 is 1.71 bits per heavy atom. The average Bonchev–Trinajstić information content (AvgIpc) is 2.09. The fourth-order valence-corrected chi connectivity index (χ4v) is 1.28. The van der Waals surface area contributed by atoms with Crippen LogP contribution in [0.2, 0.25) is 0 Å². The van der Waals surface area contributed by atoms with Crippen molar-refractivity contribution in [2.24, 2.45) is 5.41 Å². The molecule has 0 amide bonds. The Kier molecular flexibility index (Phi) is 6.35. The minimum absolute atomic E-state index is 0.116. The second kappa shape index (κ2) is 6.50. The number of rotatable bonds is 6. The van der Waals surface area contributed by atoms with E-state index in [0.717, 1.165) is 6.42 Å². The third-order valence-electron chi connectivity index (χ3n) is 2.33.